The van der Waals surface area contributed by atoms with Gasteiger partial charge in [0.05, 0.1) is 12.8 Å². The quantitative estimate of drug-likeness (QED) is 0.698. The van der Waals surface area contributed by atoms with Crippen molar-refractivity contribution in [1.82, 2.24) is 9.80 Å². The van der Waals surface area contributed by atoms with Gasteiger partial charge in [-0.2, -0.15) is 0 Å². The van der Waals surface area contributed by atoms with Crippen LogP contribution in [-0.4, -0.2) is 68.8 Å². The Kier molecular flexibility index (Phi) is 7.14. The van der Waals surface area contributed by atoms with Gasteiger partial charge >= 0.3 is 0 Å². The van der Waals surface area contributed by atoms with Gasteiger partial charge in [0.25, 0.3) is 0 Å². The molecule has 2 heterocycles. The molecule has 1 aliphatic carbocycles. The van der Waals surface area contributed by atoms with E-state index in [1.165, 1.54) is 89.8 Å². The van der Waals surface area contributed by atoms with E-state index < -0.39 is 0 Å². The minimum atomic E-state index is 0.764. The van der Waals surface area contributed by atoms with E-state index >= 15 is 0 Å². The highest BCUT2D eigenvalue weighted by Crippen LogP contribution is 2.30. The second kappa shape index (κ2) is 9.98. The minimum absolute atomic E-state index is 0.764. The Balaban J connectivity index is 1.22. The first kappa shape index (κ1) is 20.0. The highest BCUT2D eigenvalue weighted by Gasteiger charge is 2.28. The Labute approximate surface area is 171 Å². The van der Waals surface area contributed by atoms with Crippen LogP contribution in [-0.2, 0) is 0 Å². The van der Waals surface area contributed by atoms with Crippen molar-refractivity contribution in [2.45, 2.75) is 57.4 Å². The summed E-state index contributed by atoms with van der Waals surface area (Å²) < 4.78 is 5.57. The van der Waals surface area contributed by atoms with Crippen LogP contribution in [0, 0.1) is 5.92 Å². The molecular weight excluding hydrogens is 346 g/mol. The summed E-state index contributed by atoms with van der Waals surface area (Å²) in [4.78, 5) is 8.02. The second-order valence-electron chi connectivity index (χ2n) is 9.08. The molecule has 4 heteroatoms. The molecular formula is C24H39N3O. The number of rotatable bonds is 7. The maximum atomic E-state index is 5.57. The van der Waals surface area contributed by atoms with Gasteiger partial charge in [-0.15, -0.1) is 0 Å². The lowest BCUT2D eigenvalue weighted by Gasteiger charge is -2.44. The number of methoxy groups -OCH3 is 1. The SMILES string of the molecule is COc1ccccc1N1CCN([C@H]2CCCN(CCCC3CCCC3)C2)CC1. The van der Waals surface area contributed by atoms with Crippen LogP contribution in [0.1, 0.15) is 51.4 Å². The predicted octanol–water partition coefficient (Wildman–Crippen LogP) is 4.25. The van der Waals surface area contributed by atoms with Gasteiger partial charge in [0.15, 0.2) is 0 Å². The van der Waals surface area contributed by atoms with Crippen molar-refractivity contribution in [2.75, 3.05) is 57.8 Å². The van der Waals surface area contributed by atoms with E-state index in [2.05, 4.69) is 39.0 Å². The zero-order chi connectivity index (χ0) is 19.2. The van der Waals surface area contributed by atoms with Gasteiger partial charge < -0.3 is 14.5 Å². The summed E-state index contributed by atoms with van der Waals surface area (Å²) in [6, 6.07) is 9.21. The fourth-order valence-corrected chi connectivity index (χ4v) is 5.65. The van der Waals surface area contributed by atoms with Gasteiger partial charge in [0.1, 0.15) is 5.75 Å². The summed E-state index contributed by atoms with van der Waals surface area (Å²) in [6.45, 7) is 8.52. The molecule has 1 atom stereocenters. The first-order valence-electron chi connectivity index (χ1n) is 11.7. The minimum Gasteiger partial charge on any atom is -0.495 e. The number of para-hydroxylation sites is 2. The first-order chi connectivity index (χ1) is 13.8. The molecule has 4 nitrogen and oxygen atoms in total. The van der Waals surface area contributed by atoms with E-state index in [1.54, 1.807) is 7.11 Å². The molecule has 2 saturated heterocycles. The van der Waals surface area contributed by atoms with Crippen LogP contribution in [0.2, 0.25) is 0 Å². The molecule has 28 heavy (non-hydrogen) atoms. The number of piperazine rings is 1. The molecule has 0 spiro atoms. The Morgan fingerprint density at radius 1 is 0.929 bits per heavy atom. The molecule has 3 aliphatic rings. The van der Waals surface area contributed by atoms with E-state index in [4.69, 9.17) is 4.74 Å². The number of hydrogen-bond acceptors (Lipinski definition) is 4. The van der Waals surface area contributed by atoms with Crippen molar-refractivity contribution < 1.29 is 4.74 Å². The van der Waals surface area contributed by atoms with Gasteiger partial charge in [-0.05, 0) is 56.8 Å². The van der Waals surface area contributed by atoms with Gasteiger partial charge in [0, 0.05) is 38.8 Å². The Bertz CT molecular complexity index is 593. The monoisotopic (exact) mass is 385 g/mol. The van der Waals surface area contributed by atoms with E-state index in [1.807, 2.05) is 0 Å². The first-order valence-corrected chi connectivity index (χ1v) is 11.7. The molecule has 1 aromatic rings. The van der Waals surface area contributed by atoms with E-state index in [9.17, 15) is 0 Å². The number of benzene rings is 1. The van der Waals surface area contributed by atoms with Crippen LogP contribution >= 0.6 is 0 Å². The molecule has 0 amide bonds. The number of hydrogen-bond donors (Lipinski definition) is 0. The fraction of sp³-hybridized carbons (Fsp3) is 0.750. The smallest absolute Gasteiger partial charge is 0.142 e. The third-order valence-corrected chi connectivity index (χ3v) is 7.30. The molecule has 1 aromatic carbocycles. The van der Waals surface area contributed by atoms with Crippen LogP contribution < -0.4 is 9.64 Å². The van der Waals surface area contributed by atoms with Crippen molar-refractivity contribution in [2.24, 2.45) is 5.92 Å². The Morgan fingerprint density at radius 2 is 1.71 bits per heavy atom. The maximum Gasteiger partial charge on any atom is 0.142 e. The molecule has 0 aromatic heterocycles. The van der Waals surface area contributed by atoms with E-state index in [0.717, 1.165) is 30.8 Å². The molecule has 2 aliphatic heterocycles. The van der Waals surface area contributed by atoms with Crippen LogP contribution in [0.4, 0.5) is 5.69 Å². The third kappa shape index (κ3) is 5.01. The Hall–Kier alpha value is -1.26. The Morgan fingerprint density at radius 3 is 2.50 bits per heavy atom. The molecule has 156 valence electrons. The number of piperidine rings is 1. The van der Waals surface area contributed by atoms with Crippen LogP contribution in [0.25, 0.3) is 0 Å². The lowest BCUT2D eigenvalue weighted by Crippen LogP contribution is -2.55. The van der Waals surface area contributed by atoms with Crippen molar-refractivity contribution >= 4 is 5.69 Å². The summed E-state index contributed by atoms with van der Waals surface area (Å²) >= 11 is 0. The van der Waals surface area contributed by atoms with Gasteiger partial charge in [-0.3, -0.25) is 4.90 Å². The third-order valence-electron chi connectivity index (χ3n) is 7.30. The average molecular weight is 386 g/mol. The van der Waals surface area contributed by atoms with Crippen LogP contribution in [0.3, 0.4) is 0 Å². The molecule has 0 radical (unpaired) electrons. The highest BCUT2D eigenvalue weighted by atomic mass is 16.5. The van der Waals surface area contributed by atoms with Crippen LogP contribution in [0.5, 0.6) is 5.75 Å². The lowest BCUT2D eigenvalue weighted by molar-refractivity contribution is 0.0908. The largest absolute Gasteiger partial charge is 0.495 e. The molecule has 0 unspecified atom stereocenters. The van der Waals surface area contributed by atoms with Gasteiger partial charge in [-0.25, -0.2) is 0 Å². The maximum absolute atomic E-state index is 5.57. The summed E-state index contributed by atoms with van der Waals surface area (Å²) in [5.41, 5.74) is 1.25. The normalized spacial score (nSPS) is 25.3. The molecule has 0 bridgehead atoms. The van der Waals surface area contributed by atoms with E-state index in [-0.39, 0.29) is 0 Å². The number of ether oxygens (including phenoxy) is 1. The summed E-state index contributed by atoms with van der Waals surface area (Å²) in [7, 11) is 1.78. The van der Waals surface area contributed by atoms with Crippen molar-refractivity contribution in [3.8, 4) is 5.75 Å². The molecule has 0 N–H and O–H groups in total. The highest BCUT2D eigenvalue weighted by molar-refractivity contribution is 5.58. The summed E-state index contributed by atoms with van der Waals surface area (Å²) in [6.07, 6.45) is 11.6. The number of likely N-dealkylation sites (tertiary alicyclic amines) is 1. The molecule has 4 rings (SSSR count). The van der Waals surface area contributed by atoms with Crippen molar-refractivity contribution in [3.05, 3.63) is 24.3 Å². The van der Waals surface area contributed by atoms with E-state index in [0.29, 0.717) is 0 Å². The topological polar surface area (TPSA) is 19.0 Å². The zero-order valence-electron chi connectivity index (χ0n) is 17.8. The van der Waals surface area contributed by atoms with Crippen molar-refractivity contribution in [3.63, 3.8) is 0 Å². The lowest BCUT2D eigenvalue weighted by atomic mass is 10.00. The fourth-order valence-electron chi connectivity index (χ4n) is 5.65. The average Bonchev–Trinajstić information content (AvgIpc) is 3.28. The van der Waals surface area contributed by atoms with Gasteiger partial charge in [0.2, 0.25) is 0 Å². The number of anilines is 1. The molecule has 1 saturated carbocycles. The van der Waals surface area contributed by atoms with Crippen molar-refractivity contribution in [1.29, 1.82) is 0 Å². The predicted molar refractivity (Wildman–Crippen MR) is 117 cm³/mol. The second-order valence-corrected chi connectivity index (χ2v) is 9.08. The van der Waals surface area contributed by atoms with Gasteiger partial charge in [-0.1, -0.05) is 37.8 Å². The zero-order valence-corrected chi connectivity index (χ0v) is 17.8. The standard InChI is InChI=1S/C24H39N3O/c1-28-24-13-5-4-12-23(24)27-18-16-26(17-19-27)22-11-7-15-25(20-22)14-6-10-21-8-2-3-9-21/h4-5,12-13,21-22H,2-3,6-11,14-20H2,1H3/t22-/m0/s1. The van der Waals surface area contributed by atoms with Crippen LogP contribution in [0.15, 0.2) is 24.3 Å². The summed E-state index contributed by atoms with van der Waals surface area (Å²) in [5, 5.41) is 0. The number of nitrogens with zero attached hydrogens (tertiary/aromatic N) is 3. The molecule has 3 fully saturated rings. The summed E-state index contributed by atoms with van der Waals surface area (Å²) in [5.74, 6) is 2.05.